The van der Waals surface area contributed by atoms with Gasteiger partial charge in [-0.25, -0.2) is 0 Å². The summed E-state index contributed by atoms with van der Waals surface area (Å²) in [7, 11) is 0. The fourth-order valence-corrected chi connectivity index (χ4v) is 0.560. The molecule has 0 aromatic heterocycles. The predicted molar refractivity (Wildman–Crippen MR) is 38.6 cm³/mol. The molecule has 0 nitrogen and oxygen atoms in total. The molecule has 0 spiro atoms. The molecular formula is C6H6ClLi. The van der Waals surface area contributed by atoms with E-state index in [2.05, 4.69) is 0 Å². The van der Waals surface area contributed by atoms with E-state index < -0.39 is 0 Å². The van der Waals surface area contributed by atoms with Crippen molar-refractivity contribution in [3.8, 4) is 0 Å². The summed E-state index contributed by atoms with van der Waals surface area (Å²) in [5, 5.41) is 0.794. The van der Waals surface area contributed by atoms with Gasteiger partial charge in [-0.3, -0.25) is 0 Å². The van der Waals surface area contributed by atoms with Crippen LogP contribution < -0.4 is 0 Å². The van der Waals surface area contributed by atoms with E-state index in [9.17, 15) is 0 Å². The van der Waals surface area contributed by atoms with Crippen molar-refractivity contribution in [1.29, 1.82) is 0 Å². The second-order valence-corrected chi connectivity index (χ2v) is 1.73. The monoisotopic (exact) mass is 120 g/mol. The first kappa shape index (κ1) is 8.11. The van der Waals surface area contributed by atoms with Crippen LogP contribution in [0.2, 0.25) is 5.02 Å². The van der Waals surface area contributed by atoms with E-state index in [0.29, 0.717) is 0 Å². The molecule has 0 heterocycles. The van der Waals surface area contributed by atoms with Gasteiger partial charge in [0.05, 0.1) is 0 Å². The van der Waals surface area contributed by atoms with Gasteiger partial charge in [-0.1, -0.05) is 29.8 Å². The van der Waals surface area contributed by atoms with Crippen molar-refractivity contribution in [3.63, 3.8) is 0 Å². The van der Waals surface area contributed by atoms with Crippen LogP contribution in [-0.4, -0.2) is 18.9 Å². The van der Waals surface area contributed by atoms with Crippen LogP contribution in [0.1, 0.15) is 0 Å². The van der Waals surface area contributed by atoms with Crippen LogP contribution in [0.15, 0.2) is 30.3 Å². The van der Waals surface area contributed by atoms with E-state index >= 15 is 0 Å². The summed E-state index contributed by atoms with van der Waals surface area (Å²) in [5.74, 6) is 0. The van der Waals surface area contributed by atoms with E-state index in [1.54, 1.807) is 0 Å². The Morgan fingerprint density at radius 2 is 1.50 bits per heavy atom. The Kier molecular flexibility index (Phi) is 4.09. The first-order valence-corrected chi connectivity index (χ1v) is 2.48. The van der Waals surface area contributed by atoms with Crippen LogP contribution in [0.3, 0.4) is 0 Å². The zero-order valence-corrected chi connectivity index (χ0v) is 4.52. The predicted octanol–water partition coefficient (Wildman–Crippen LogP) is 1.69. The number of hydrogen-bond acceptors (Lipinski definition) is 0. The van der Waals surface area contributed by atoms with Crippen molar-refractivity contribution < 1.29 is 0 Å². The summed E-state index contributed by atoms with van der Waals surface area (Å²) in [6.07, 6.45) is 0. The number of hydrogen-bond donors (Lipinski definition) is 0. The van der Waals surface area contributed by atoms with Crippen molar-refractivity contribution in [2.45, 2.75) is 0 Å². The van der Waals surface area contributed by atoms with Gasteiger partial charge >= 0.3 is 18.9 Å². The minimum atomic E-state index is 0. The molecule has 0 saturated heterocycles. The van der Waals surface area contributed by atoms with Gasteiger partial charge in [-0.05, 0) is 12.1 Å². The molecule has 0 N–H and O–H groups in total. The number of rotatable bonds is 0. The van der Waals surface area contributed by atoms with Crippen LogP contribution in [0.5, 0.6) is 0 Å². The standard InChI is InChI=1S/C6H5Cl.Li.H/c7-6-4-2-1-3-5-6;;/h1-5H;;. The summed E-state index contributed by atoms with van der Waals surface area (Å²) in [4.78, 5) is 0. The molecule has 1 aromatic carbocycles. The van der Waals surface area contributed by atoms with Crippen LogP contribution in [0.4, 0.5) is 0 Å². The molecule has 0 fully saturated rings. The van der Waals surface area contributed by atoms with Gasteiger partial charge in [0.15, 0.2) is 0 Å². The molecule has 0 saturated carbocycles. The van der Waals surface area contributed by atoms with Gasteiger partial charge in [0.25, 0.3) is 0 Å². The number of halogens is 1. The minimum absolute atomic E-state index is 0. The average molecular weight is 121 g/mol. The molecular weight excluding hydrogens is 114 g/mol. The molecule has 0 radical (unpaired) electrons. The summed E-state index contributed by atoms with van der Waals surface area (Å²) in [6, 6.07) is 9.44. The molecule has 0 amide bonds. The zero-order valence-electron chi connectivity index (χ0n) is 3.76. The Balaban J connectivity index is 0.000000490. The maximum atomic E-state index is 5.54. The van der Waals surface area contributed by atoms with Crippen molar-refractivity contribution in [3.05, 3.63) is 35.4 Å². The third-order valence-corrected chi connectivity index (χ3v) is 0.985. The zero-order chi connectivity index (χ0) is 5.11. The topological polar surface area (TPSA) is 0 Å². The van der Waals surface area contributed by atoms with Crippen molar-refractivity contribution >= 4 is 30.5 Å². The SMILES string of the molecule is Clc1ccccc1.[LiH]. The van der Waals surface area contributed by atoms with E-state index in [0.717, 1.165) is 5.02 Å². The Labute approximate surface area is 66.0 Å². The Morgan fingerprint density at radius 3 is 1.75 bits per heavy atom. The summed E-state index contributed by atoms with van der Waals surface area (Å²) < 4.78 is 0. The van der Waals surface area contributed by atoms with E-state index in [4.69, 9.17) is 11.6 Å². The third-order valence-electron chi connectivity index (χ3n) is 0.733. The molecule has 8 heavy (non-hydrogen) atoms. The van der Waals surface area contributed by atoms with Gasteiger partial charge < -0.3 is 0 Å². The fraction of sp³-hybridized carbons (Fsp3) is 0. The van der Waals surface area contributed by atoms with E-state index in [1.165, 1.54) is 0 Å². The quantitative estimate of drug-likeness (QED) is 0.457. The molecule has 1 aromatic rings. The molecule has 0 aliphatic carbocycles. The average Bonchev–Trinajstić information content (AvgIpc) is 1.69. The van der Waals surface area contributed by atoms with Crippen molar-refractivity contribution in [2.24, 2.45) is 0 Å². The Bertz CT molecular complexity index is 138. The van der Waals surface area contributed by atoms with Gasteiger partial charge in [-0.2, -0.15) is 0 Å². The van der Waals surface area contributed by atoms with Crippen molar-refractivity contribution in [1.82, 2.24) is 0 Å². The van der Waals surface area contributed by atoms with E-state index in [1.807, 2.05) is 30.3 Å². The van der Waals surface area contributed by atoms with Crippen LogP contribution >= 0.6 is 11.6 Å². The Hall–Kier alpha value is 0.107. The van der Waals surface area contributed by atoms with E-state index in [-0.39, 0.29) is 18.9 Å². The maximum absolute atomic E-state index is 5.54. The summed E-state index contributed by atoms with van der Waals surface area (Å²) in [6.45, 7) is 0. The first-order valence-electron chi connectivity index (χ1n) is 2.10. The number of benzene rings is 1. The third kappa shape index (κ3) is 2.42. The normalized spacial score (nSPS) is 7.62. The van der Waals surface area contributed by atoms with Gasteiger partial charge in [0.2, 0.25) is 0 Å². The van der Waals surface area contributed by atoms with Gasteiger partial charge in [0, 0.05) is 5.02 Å². The van der Waals surface area contributed by atoms with Gasteiger partial charge in [0.1, 0.15) is 0 Å². The molecule has 1 rings (SSSR count). The Morgan fingerprint density at radius 1 is 1.00 bits per heavy atom. The molecule has 2 heteroatoms. The first-order chi connectivity index (χ1) is 3.39. The summed E-state index contributed by atoms with van der Waals surface area (Å²) in [5.41, 5.74) is 0. The molecule has 0 atom stereocenters. The molecule has 38 valence electrons. The molecule has 0 unspecified atom stereocenters. The molecule has 0 bridgehead atoms. The van der Waals surface area contributed by atoms with Crippen molar-refractivity contribution in [2.75, 3.05) is 0 Å². The van der Waals surface area contributed by atoms with Gasteiger partial charge in [-0.15, -0.1) is 0 Å². The molecule has 0 aliphatic rings. The van der Waals surface area contributed by atoms with Crippen LogP contribution in [0, 0.1) is 0 Å². The second-order valence-electron chi connectivity index (χ2n) is 1.30. The van der Waals surface area contributed by atoms with Crippen LogP contribution in [0.25, 0.3) is 0 Å². The fourth-order valence-electron chi connectivity index (χ4n) is 0.415. The second kappa shape index (κ2) is 4.03. The summed E-state index contributed by atoms with van der Waals surface area (Å²) >= 11 is 5.54. The molecule has 0 aliphatic heterocycles. The van der Waals surface area contributed by atoms with Crippen LogP contribution in [-0.2, 0) is 0 Å².